The lowest BCUT2D eigenvalue weighted by atomic mass is 9.84. The summed E-state index contributed by atoms with van der Waals surface area (Å²) in [7, 11) is 1.47. The van der Waals surface area contributed by atoms with Crippen molar-refractivity contribution in [3.8, 4) is 5.75 Å². The lowest BCUT2D eigenvalue weighted by Gasteiger charge is -2.26. The molecule has 5 nitrogen and oxygen atoms in total. The predicted molar refractivity (Wildman–Crippen MR) is 139 cm³/mol. The first kappa shape index (κ1) is 25.5. The molecule has 1 heterocycles. The van der Waals surface area contributed by atoms with Crippen molar-refractivity contribution in [1.82, 2.24) is 0 Å². The minimum Gasteiger partial charge on any atom is -0.507 e. The topological polar surface area (TPSA) is 66.8 Å². The van der Waals surface area contributed by atoms with Gasteiger partial charge in [-0.15, -0.1) is 0 Å². The lowest BCUT2D eigenvalue weighted by molar-refractivity contribution is -0.132. The number of Topliss-reactive ketones (excluding diaryl/α,β-unsaturated/α-hetero) is 1. The highest BCUT2D eigenvalue weighted by molar-refractivity contribution is 6.52. The number of ketones is 1. The SMILES string of the molecule is COc1ccc(N2C(=O)C(=O)/C(=C(/O)c3cc(C(C)(C)C)ccc3C)C2c2ccc(F)cc2)cc1Cl. The van der Waals surface area contributed by atoms with Gasteiger partial charge in [-0.3, -0.25) is 14.5 Å². The highest BCUT2D eigenvalue weighted by Crippen LogP contribution is 2.44. The third kappa shape index (κ3) is 4.49. The third-order valence-corrected chi connectivity index (χ3v) is 6.70. The number of aryl methyl sites for hydroxylation is 1. The Balaban J connectivity index is 1.97. The van der Waals surface area contributed by atoms with Crippen LogP contribution in [0.1, 0.15) is 49.1 Å². The molecule has 1 saturated heterocycles. The number of halogens is 2. The van der Waals surface area contributed by atoms with Gasteiger partial charge in [-0.2, -0.15) is 0 Å². The van der Waals surface area contributed by atoms with E-state index < -0.39 is 23.5 Å². The number of ether oxygens (including phenoxy) is 1. The fraction of sp³-hybridized carbons (Fsp3) is 0.241. The van der Waals surface area contributed by atoms with Crippen molar-refractivity contribution in [3.63, 3.8) is 0 Å². The monoisotopic (exact) mass is 507 g/mol. The minimum absolute atomic E-state index is 0.0762. The van der Waals surface area contributed by atoms with E-state index in [4.69, 9.17) is 16.3 Å². The van der Waals surface area contributed by atoms with E-state index in [0.717, 1.165) is 11.1 Å². The molecule has 1 atom stereocenters. The van der Waals surface area contributed by atoms with Gasteiger partial charge in [0.2, 0.25) is 0 Å². The Morgan fingerprint density at radius 2 is 1.69 bits per heavy atom. The van der Waals surface area contributed by atoms with E-state index in [2.05, 4.69) is 0 Å². The van der Waals surface area contributed by atoms with Crippen molar-refractivity contribution in [3.05, 3.63) is 99.3 Å². The number of anilines is 1. The summed E-state index contributed by atoms with van der Waals surface area (Å²) in [6, 6.07) is 14.9. The fourth-order valence-corrected chi connectivity index (χ4v) is 4.61. The second kappa shape index (κ2) is 9.43. The van der Waals surface area contributed by atoms with E-state index in [0.29, 0.717) is 22.6 Å². The molecule has 3 aromatic carbocycles. The molecule has 1 aliphatic rings. The Morgan fingerprint density at radius 3 is 2.28 bits per heavy atom. The number of carbonyl (C=O) groups is 2. The Labute approximate surface area is 214 Å². The van der Waals surface area contributed by atoms with Crippen LogP contribution in [0.2, 0.25) is 5.02 Å². The molecule has 0 bridgehead atoms. The molecular formula is C29H27ClFNO4. The molecule has 0 radical (unpaired) electrons. The number of carbonyl (C=O) groups excluding carboxylic acids is 2. The fourth-order valence-electron chi connectivity index (χ4n) is 4.35. The molecule has 1 fully saturated rings. The van der Waals surface area contributed by atoms with Crippen LogP contribution >= 0.6 is 11.6 Å². The molecule has 0 spiro atoms. The van der Waals surface area contributed by atoms with Crippen molar-refractivity contribution in [2.75, 3.05) is 12.0 Å². The first-order valence-corrected chi connectivity index (χ1v) is 11.8. The van der Waals surface area contributed by atoms with Gasteiger partial charge in [0.25, 0.3) is 11.7 Å². The summed E-state index contributed by atoms with van der Waals surface area (Å²) in [6.07, 6.45) is 0. The number of rotatable bonds is 4. The predicted octanol–water partition coefficient (Wildman–Crippen LogP) is 6.72. The van der Waals surface area contributed by atoms with Crippen LogP contribution in [0.25, 0.3) is 5.76 Å². The smallest absolute Gasteiger partial charge is 0.300 e. The number of hydrogen-bond donors (Lipinski definition) is 1. The van der Waals surface area contributed by atoms with Crippen molar-refractivity contribution in [2.45, 2.75) is 39.2 Å². The van der Waals surface area contributed by atoms with Gasteiger partial charge in [-0.05, 0) is 65.4 Å². The maximum absolute atomic E-state index is 13.8. The van der Waals surface area contributed by atoms with Gasteiger partial charge in [0.05, 0.1) is 23.7 Å². The summed E-state index contributed by atoms with van der Waals surface area (Å²) in [5.41, 5.74) is 2.70. The van der Waals surface area contributed by atoms with Crippen LogP contribution in [0.15, 0.2) is 66.2 Å². The molecule has 186 valence electrons. The van der Waals surface area contributed by atoms with Crippen molar-refractivity contribution in [2.24, 2.45) is 0 Å². The first-order valence-electron chi connectivity index (χ1n) is 11.5. The molecular weight excluding hydrogens is 481 g/mol. The molecule has 1 aliphatic heterocycles. The van der Waals surface area contributed by atoms with Crippen LogP contribution in [0.3, 0.4) is 0 Å². The number of aliphatic hydroxyl groups is 1. The number of hydrogen-bond acceptors (Lipinski definition) is 4. The quantitative estimate of drug-likeness (QED) is 0.242. The van der Waals surface area contributed by atoms with Crippen molar-refractivity contribution >= 4 is 34.7 Å². The van der Waals surface area contributed by atoms with Gasteiger partial charge < -0.3 is 9.84 Å². The molecule has 0 saturated carbocycles. The number of methoxy groups -OCH3 is 1. The minimum atomic E-state index is -0.993. The molecule has 7 heteroatoms. The number of benzene rings is 3. The van der Waals surface area contributed by atoms with E-state index in [9.17, 15) is 19.1 Å². The van der Waals surface area contributed by atoms with Gasteiger partial charge in [-0.25, -0.2) is 4.39 Å². The van der Waals surface area contributed by atoms with Gasteiger partial charge in [0.15, 0.2) is 0 Å². The summed E-state index contributed by atoms with van der Waals surface area (Å²) in [5, 5.41) is 11.8. The Bertz CT molecular complexity index is 1390. The molecule has 36 heavy (non-hydrogen) atoms. The summed E-state index contributed by atoms with van der Waals surface area (Å²) >= 11 is 6.32. The molecule has 4 rings (SSSR count). The zero-order chi connectivity index (χ0) is 26.4. The van der Waals surface area contributed by atoms with Crippen LogP contribution in [-0.2, 0) is 15.0 Å². The Hall–Kier alpha value is -3.64. The van der Waals surface area contributed by atoms with E-state index in [1.165, 1.54) is 42.3 Å². The van der Waals surface area contributed by atoms with E-state index >= 15 is 0 Å². The average Bonchev–Trinajstić information content (AvgIpc) is 3.09. The maximum atomic E-state index is 13.8. The molecule has 0 aliphatic carbocycles. The second-order valence-electron chi connectivity index (χ2n) is 9.82. The van der Waals surface area contributed by atoms with Crippen LogP contribution in [0, 0.1) is 12.7 Å². The zero-order valence-electron chi connectivity index (χ0n) is 20.7. The largest absolute Gasteiger partial charge is 0.507 e. The average molecular weight is 508 g/mol. The summed E-state index contributed by atoms with van der Waals surface area (Å²) < 4.78 is 19.0. The second-order valence-corrected chi connectivity index (χ2v) is 10.2. The van der Waals surface area contributed by atoms with E-state index in [-0.39, 0.29) is 21.8 Å². The van der Waals surface area contributed by atoms with E-state index in [1.54, 1.807) is 12.1 Å². The van der Waals surface area contributed by atoms with Crippen molar-refractivity contribution in [1.29, 1.82) is 0 Å². The van der Waals surface area contributed by atoms with Gasteiger partial charge >= 0.3 is 0 Å². The Morgan fingerprint density at radius 1 is 1.03 bits per heavy atom. The van der Waals surface area contributed by atoms with Gasteiger partial charge in [-0.1, -0.05) is 56.6 Å². The molecule has 1 N–H and O–H groups in total. The molecule has 0 aromatic heterocycles. The van der Waals surface area contributed by atoms with Crippen LogP contribution < -0.4 is 9.64 Å². The number of amides is 1. The van der Waals surface area contributed by atoms with Crippen molar-refractivity contribution < 1.29 is 23.8 Å². The number of aliphatic hydroxyl groups excluding tert-OH is 1. The molecule has 1 unspecified atom stereocenters. The molecule has 1 amide bonds. The highest BCUT2D eigenvalue weighted by Gasteiger charge is 2.47. The highest BCUT2D eigenvalue weighted by atomic mass is 35.5. The first-order chi connectivity index (χ1) is 16.9. The molecule has 3 aromatic rings. The standard InChI is InChI=1S/C29H27ClFNO4/c1-16-6-9-18(29(2,3)4)14-21(16)26(33)24-25(17-7-10-19(31)11-8-17)32(28(35)27(24)34)20-12-13-23(36-5)22(30)15-20/h6-15,25,33H,1-5H3/b26-24+. The van der Waals surface area contributed by atoms with Gasteiger partial charge in [0, 0.05) is 11.3 Å². The summed E-state index contributed by atoms with van der Waals surface area (Å²) in [5.74, 6) is -2.00. The van der Waals surface area contributed by atoms with Crippen LogP contribution in [0.4, 0.5) is 10.1 Å². The summed E-state index contributed by atoms with van der Waals surface area (Å²) in [4.78, 5) is 28.1. The normalized spacial score (nSPS) is 17.5. The van der Waals surface area contributed by atoms with E-state index in [1.807, 2.05) is 45.9 Å². The Kier molecular flexibility index (Phi) is 6.67. The van der Waals surface area contributed by atoms with Crippen LogP contribution in [-0.4, -0.2) is 23.9 Å². The third-order valence-electron chi connectivity index (χ3n) is 6.40. The van der Waals surface area contributed by atoms with Crippen LogP contribution in [0.5, 0.6) is 5.75 Å². The lowest BCUT2D eigenvalue weighted by Crippen LogP contribution is -2.29. The number of nitrogens with zero attached hydrogens (tertiary/aromatic N) is 1. The zero-order valence-corrected chi connectivity index (χ0v) is 21.5. The summed E-state index contributed by atoms with van der Waals surface area (Å²) in [6.45, 7) is 7.97. The maximum Gasteiger partial charge on any atom is 0.300 e. The van der Waals surface area contributed by atoms with Gasteiger partial charge in [0.1, 0.15) is 17.3 Å².